The van der Waals surface area contributed by atoms with E-state index in [4.69, 9.17) is 0 Å². The largest absolute Gasteiger partial charge is 0.433 e. The summed E-state index contributed by atoms with van der Waals surface area (Å²) in [7, 11) is 0. The highest BCUT2D eigenvalue weighted by Crippen LogP contribution is 2.50. The maximum absolute atomic E-state index is 13.0. The number of pyridine rings is 2. The molecule has 4 rings (SSSR count). The molecule has 0 bridgehead atoms. The van der Waals surface area contributed by atoms with Gasteiger partial charge < -0.3 is 10.2 Å². The van der Waals surface area contributed by atoms with Gasteiger partial charge in [-0.05, 0) is 43.0 Å². The molecule has 2 aliphatic rings. The maximum Gasteiger partial charge on any atom is 0.433 e. The molecule has 3 heterocycles. The van der Waals surface area contributed by atoms with Crippen molar-refractivity contribution in [1.82, 2.24) is 9.97 Å². The van der Waals surface area contributed by atoms with Crippen LogP contribution in [0.3, 0.4) is 0 Å². The zero-order valence-electron chi connectivity index (χ0n) is 16.8. The highest BCUT2D eigenvalue weighted by molar-refractivity contribution is 5.91. The fraction of sp³-hybridized carbons (Fsp3) is 0.476. The molecule has 1 fully saturated rings. The third-order valence-electron chi connectivity index (χ3n) is 5.59. The molecule has 1 saturated carbocycles. The Kier molecular flexibility index (Phi) is 5.35. The third kappa shape index (κ3) is 4.77. The first-order valence-corrected chi connectivity index (χ1v) is 9.98. The van der Waals surface area contributed by atoms with Gasteiger partial charge in [-0.25, -0.2) is 13.8 Å². The molecular weight excluding hydrogens is 419 g/mol. The molecule has 2 aromatic heterocycles. The summed E-state index contributed by atoms with van der Waals surface area (Å²) in [4.78, 5) is 22.1. The van der Waals surface area contributed by atoms with E-state index in [1.807, 2.05) is 11.0 Å². The van der Waals surface area contributed by atoms with Crippen LogP contribution in [0.5, 0.6) is 0 Å². The van der Waals surface area contributed by atoms with E-state index in [9.17, 15) is 26.7 Å². The van der Waals surface area contributed by atoms with Crippen molar-refractivity contribution in [3.63, 3.8) is 0 Å². The fourth-order valence-electron chi connectivity index (χ4n) is 3.75. The lowest BCUT2D eigenvalue weighted by Gasteiger charge is -2.31. The van der Waals surface area contributed by atoms with E-state index in [0.717, 1.165) is 23.9 Å². The molecule has 0 saturated heterocycles. The fourth-order valence-corrected chi connectivity index (χ4v) is 3.75. The number of fused-ring (bicyclic) bond motifs is 1. The van der Waals surface area contributed by atoms with E-state index in [0.29, 0.717) is 36.5 Å². The molecule has 2 aromatic rings. The van der Waals surface area contributed by atoms with Gasteiger partial charge in [-0.15, -0.1) is 0 Å². The molecule has 1 aliphatic carbocycles. The van der Waals surface area contributed by atoms with Crippen molar-refractivity contribution in [3.05, 3.63) is 46.9 Å². The predicted molar refractivity (Wildman–Crippen MR) is 104 cm³/mol. The summed E-state index contributed by atoms with van der Waals surface area (Å²) >= 11 is 0. The van der Waals surface area contributed by atoms with Crippen molar-refractivity contribution in [2.45, 2.75) is 51.3 Å². The smallest absolute Gasteiger partial charge is 0.366 e. The second-order valence-electron chi connectivity index (χ2n) is 8.11. The first-order valence-electron chi connectivity index (χ1n) is 9.98. The SMILES string of the molecule is Cc1cc2c(nc1NC(=O)C[C@H]1CC1(F)F)CCCN2Cc1ccc(C(F)(F)F)nc1. The number of anilines is 2. The zero-order chi connectivity index (χ0) is 22.4. The van der Waals surface area contributed by atoms with Crippen molar-refractivity contribution in [2.24, 2.45) is 5.92 Å². The van der Waals surface area contributed by atoms with Gasteiger partial charge in [0.1, 0.15) is 11.5 Å². The molecule has 5 nitrogen and oxygen atoms in total. The predicted octanol–water partition coefficient (Wildman–Crippen LogP) is 4.74. The first kappa shape index (κ1) is 21.5. The van der Waals surface area contributed by atoms with Crippen molar-refractivity contribution < 1.29 is 26.7 Å². The number of rotatable bonds is 5. The number of alkyl halides is 5. The minimum absolute atomic E-state index is 0.238. The van der Waals surface area contributed by atoms with Gasteiger partial charge in [0.05, 0.1) is 11.4 Å². The quantitative estimate of drug-likeness (QED) is 0.683. The van der Waals surface area contributed by atoms with Crippen molar-refractivity contribution in [1.29, 1.82) is 0 Å². The molecule has 0 spiro atoms. The Balaban J connectivity index is 1.47. The average Bonchev–Trinajstić information content (AvgIpc) is 3.28. The van der Waals surface area contributed by atoms with Gasteiger partial charge in [-0.3, -0.25) is 9.78 Å². The number of aromatic nitrogens is 2. The molecule has 166 valence electrons. The van der Waals surface area contributed by atoms with Gasteiger partial charge >= 0.3 is 6.18 Å². The normalized spacial score (nSPS) is 19.7. The summed E-state index contributed by atoms with van der Waals surface area (Å²) in [6.45, 7) is 2.85. The van der Waals surface area contributed by atoms with Crippen LogP contribution in [-0.4, -0.2) is 28.3 Å². The van der Waals surface area contributed by atoms with Gasteiger partial charge in [0.2, 0.25) is 5.91 Å². The van der Waals surface area contributed by atoms with Crippen molar-refractivity contribution in [2.75, 3.05) is 16.8 Å². The Labute approximate surface area is 175 Å². The summed E-state index contributed by atoms with van der Waals surface area (Å²) in [5.74, 6) is -3.78. The topological polar surface area (TPSA) is 58.1 Å². The van der Waals surface area contributed by atoms with Gasteiger partial charge in [0.15, 0.2) is 0 Å². The lowest BCUT2D eigenvalue weighted by Crippen LogP contribution is -2.30. The molecule has 0 aromatic carbocycles. The van der Waals surface area contributed by atoms with Crippen LogP contribution in [0.4, 0.5) is 33.5 Å². The number of amides is 1. The van der Waals surface area contributed by atoms with Crippen LogP contribution in [0, 0.1) is 12.8 Å². The molecular formula is C21H21F5N4O. The summed E-state index contributed by atoms with van der Waals surface area (Å²) < 4.78 is 64.2. The van der Waals surface area contributed by atoms with E-state index in [2.05, 4.69) is 15.3 Å². The summed E-state index contributed by atoms with van der Waals surface area (Å²) in [6.07, 6.45) is -2.28. The molecule has 1 atom stereocenters. The lowest BCUT2D eigenvalue weighted by molar-refractivity contribution is -0.141. The first-order chi connectivity index (χ1) is 14.5. The van der Waals surface area contributed by atoms with E-state index in [1.54, 1.807) is 6.92 Å². The molecule has 1 amide bonds. The summed E-state index contributed by atoms with van der Waals surface area (Å²) in [5, 5.41) is 2.64. The molecule has 1 aliphatic heterocycles. The Hall–Kier alpha value is -2.78. The van der Waals surface area contributed by atoms with Crippen LogP contribution in [0.15, 0.2) is 24.4 Å². The second kappa shape index (κ2) is 7.72. The highest BCUT2D eigenvalue weighted by atomic mass is 19.4. The molecule has 10 heteroatoms. The van der Waals surface area contributed by atoms with Crippen molar-refractivity contribution >= 4 is 17.4 Å². The number of nitrogens with zero attached hydrogens (tertiary/aromatic N) is 3. The maximum atomic E-state index is 13.0. The minimum atomic E-state index is -4.48. The van der Waals surface area contributed by atoms with Crippen LogP contribution in [0.2, 0.25) is 0 Å². The standard InChI is InChI=1S/C21H21F5N4O/c1-12-7-16-15(28-19(12)29-18(31)8-14-9-20(14,22)23)3-2-6-30(16)11-13-4-5-17(27-10-13)21(24,25)26/h4-5,7,10,14H,2-3,6,8-9,11H2,1H3,(H,28,29,31)/t14-/m0/s1. The summed E-state index contributed by atoms with van der Waals surface area (Å²) in [6, 6.07) is 4.23. The van der Waals surface area contributed by atoms with Gasteiger partial charge in [-0.1, -0.05) is 6.07 Å². The second-order valence-corrected chi connectivity index (χ2v) is 8.11. The molecule has 1 N–H and O–H groups in total. The number of aryl methyl sites for hydroxylation is 2. The van der Waals surface area contributed by atoms with Gasteiger partial charge in [0.25, 0.3) is 5.92 Å². The number of hydrogen-bond acceptors (Lipinski definition) is 4. The number of nitrogens with one attached hydrogen (secondary N) is 1. The molecule has 0 unspecified atom stereocenters. The number of carbonyl (C=O) groups is 1. The van der Waals surface area contributed by atoms with Crippen LogP contribution in [0.1, 0.15) is 41.8 Å². The van der Waals surface area contributed by atoms with E-state index in [-0.39, 0.29) is 12.8 Å². The molecule has 0 radical (unpaired) electrons. The molecule has 31 heavy (non-hydrogen) atoms. The summed E-state index contributed by atoms with van der Waals surface area (Å²) in [5.41, 5.74) is 1.99. The zero-order valence-corrected chi connectivity index (χ0v) is 16.8. The Bertz CT molecular complexity index is 990. The van der Waals surface area contributed by atoms with Gasteiger partial charge in [0, 0.05) is 38.0 Å². The van der Waals surface area contributed by atoms with Gasteiger partial charge in [-0.2, -0.15) is 13.2 Å². The lowest BCUT2D eigenvalue weighted by atomic mass is 10.0. The number of carbonyl (C=O) groups excluding carboxylic acids is 1. The number of hydrogen-bond donors (Lipinski definition) is 1. The monoisotopic (exact) mass is 440 g/mol. The highest BCUT2D eigenvalue weighted by Gasteiger charge is 2.57. The van der Waals surface area contributed by atoms with Crippen molar-refractivity contribution in [3.8, 4) is 0 Å². The third-order valence-corrected chi connectivity index (χ3v) is 5.59. The van der Waals surface area contributed by atoms with E-state index >= 15 is 0 Å². The Morgan fingerprint density at radius 3 is 2.68 bits per heavy atom. The Morgan fingerprint density at radius 1 is 1.32 bits per heavy atom. The van der Waals surface area contributed by atoms with E-state index < -0.39 is 29.6 Å². The van der Waals surface area contributed by atoms with Crippen LogP contribution in [-0.2, 0) is 23.9 Å². The average molecular weight is 440 g/mol. The van der Waals surface area contributed by atoms with Crippen LogP contribution < -0.4 is 10.2 Å². The Morgan fingerprint density at radius 2 is 2.06 bits per heavy atom. The van der Waals surface area contributed by atoms with Crippen LogP contribution >= 0.6 is 0 Å². The number of halogens is 5. The van der Waals surface area contributed by atoms with Crippen LogP contribution in [0.25, 0.3) is 0 Å². The minimum Gasteiger partial charge on any atom is -0.366 e. The van der Waals surface area contributed by atoms with E-state index in [1.165, 1.54) is 12.3 Å².